The van der Waals surface area contributed by atoms with E-state index in [1.807, 2.05) is 0 Å². The quantitative estimate of drug-likeness (QED) is 0.693. The minimum Gasteiger partial charge on any atom is -0.430 e. The van der Waals surface area contributed by atoms with E-state index in [1.165, 1.54) is 17.0 Å². The third kappa shape index (κ3) is 2.37. The van der Waals surface area contributed by atoms with Crippen LogP contribution < -0.4 is 10.9 Å². The first-order valence-electron chi connectivity index (χ1n) is 5.34. The predicted octanol–water partition coefficient (Wildman–Crippen LogP) is -0.955. The van der Waals surface area contributed by atoms with Gasteiger partial charge in [-0.2, -0.15) is 0 Å². The summed E-state index contributed by atoms with van der Waals surface area (Å²) in [6, 6.07) is 2.36. The first kappa shape index (κ1) is 11.8. The average molecular weight is 238 g/mol. The maximum atomic E-state index is 12.0. The van der Waals surface area contributed by atoms with Crippen LogP contribution in [0.15, 0.2) is 27.6 Å². The van der Waals surface area contributed by atoms with E-state index in [0.29, 0.717) is 18.7 Å². The number of aliphatic hydroxyl groups is 1. The highest BCUT2D eigenvalue weighted by atomic mass is 16.4. The Bertz CT molecular complexity index is 450. The van der Waals surface area contributed by atoms with Crippen molar-refractivity contribution in [3.8, 4) is 0 Å². The minimum absolute atomic E-state index is 0.255. The maximum Gasteiger partial charge on any atom is 0.335 e. The fraction of sp³-hybridized carbons (Fsp3) is 0.455. The van der Waals surface area contributed by atoms with E-state index in [4.69, 9.17) is 0 Å². The lowest BCUT2D eigenvalue weighted by molar-refractivity contribution is 0.0578. The summed E-state index contributed by atoms with van der Waals surface area (Å²) in [5.41, 5.74) is -0.196. The van der Waals surface area contributed by atoms with Crippen molar-refractivity contribution in [2.75, 3.05) is 20.1 Å². The molecule has 1 fully saturated rings. The van der Waals surface area contributed by atoms with Crippen molar-refractivity contribution in [2.24, 2.45) is 0 Å². The van der Waals surface area contributed by atoms with Crippen LogP contribution in [0.25, 0.3) is 0 Å². The summed E-state index contributed by atoms with van der Waals surface area (Å²) in [5.74, 6) is -0.276. The molecule has 0 unspecified atom stereocenters. The largest absolute Gasteiger partial charge is 0.430 e. The maximum absolute atomic E-state index is 12.0. The van der Waals surface area contributed by atoms with Crippen LogP contribution in [0.3, 0.4) is 0 Å². The predicted molar refractivity (Wildman–Crippen MR) is 59.7 cm³/mol. The van der Waals surface area contributed by atoms with Gasteiger partial charge in [0, 0.05) is 26.2 Å². The molecule has 0 radical (unpaired) electrons. The lowest BCUT2D eigenvalue weighted by Crippen LogP contribution is -2.44. The third-order valence-electron chi connectivity index (χ3n) is 2.92. The second-order valence-electron chi connectivity index (χ2n) is 4.05. The van der Waals surface area contributed by atoms with Crippen LogP contribution in [0.4, 0.5) is 0 Å². The monoisotopic (exact) mass is 238 g/mol. The van der Waals surface area contributed by atoms with Gasteiger partial charge in [0.2, 0.25) is 0 Å². The molecule has 2 N–H and O–H groups in total. The van der Waals surface area contributed by atoms with Gasteiger partial charge >= 0.3 is 5.63 Å². The number of carbonyl (C=O) groups is 1. The number of hydrogen-bond acceptors (Lipinski definition) is 5. The molecule has 2 rings (SSSR count). The molecule has 17 heavy (non-hydrogen) atoms. The molecule has 1 amide bonds. The van der Waals surface area contributed by atoms with Gasteiger partial charge in [0.15, 0.2) is 0 Å². The zero-order valence-electron chi connectivity index (χ0n) is 9.42. The molecule has 6 nitrogen and oxygen atoms in total. The summed E-state index contributed by atoms with van der Waals surface area (Å²) < 4.78 is 4.64. The number of aliphatic hydroxyl groups excluding tert-OH is 1. The Hall–Kier alpha value is -1.66. The molecule has 92 valence electrons. The zero-order chi connectivity index (χ0) is 12.4. The molecule has 1 aromatic heterocycles. The Morgan fingerprint density at radius 1 is 1.53 bits per heavy atom. The van der Waals surface area contributed by atoms with Crippen LogP contribution in [0.5, 0.6) is 0 Å². The van der Waals surface area contributed by atoms with Gasteiger partial charge in [-0.25, -0.2) is 4.79 Å². The van der Waals surface area contributed by atoms with Crippen molar-refractivity contribution in [2.45, 2.75) is 12.1 Å². The van der Waals surface area contributed by atoms with Crippen LogP contribution in [-0.4, -0.2) is 48.2 Å². The van der Waals surface area contributed by atoms with Gasteiger partial charge in [-0.3, -0.25) is 4.79 Å². The Morgan fingerprint density at radius 3 is 2.82 bits per heavy atom. The molecule has 2 heterocycles. The lowest BCUT2D eigenvalue weighted by atomic mass is 10.1. The topological polar surface area (TPSA) is 82.8 Å². The Balaban J connectivity index is 2.14. The second kappa shape index (κ2) is 4.68. The smallest absolute Gasteiger partial charge is 0.335 e. The van der Waals surface area contributed by atoms with Gasteiger partial charge in [-0.15, -0.1) is 0 Å². The Morgan fingerprint density at radius 2 is 2.29 bits per heavy atom. The minimum atomic E-state index is -0.570. The third-order valence-corrected chi connectivity index (χ3v) is 2.92. The molecule has 0 aromatic carbocycles. The van der Waals surface area contributed by atoms with Crippen LogP contribution in [0.1, 0.15) is 10.4 Å². The number of likely N-dealkylation sites (N-methyl/N-ethyl adjacent to an activating group) is 1. The van der Waals surface area contributed by atoms with Crippen LogP contribution in [0.2, 0.25) is 0 Å². The molecule has 2 atom stereocenters. The zero-order valence-corrected chi connectivity index (χ0v) is 9.42. The molecule has 6 heteroatoms. The van der Waals surface area contributed by atoms with Gasteiger partial charge in [-0.1, -0.05) is 0 Å². The first-order valence-corrected chi connectivity index (χ1v) is 5.34. The summed E-state index contributed by atoms with van der Waals surface area (Å²) in [6.07, 6.45) is 0.565. The molecule has 0 aliphatic carbocycles. The van der Waals surface area contributed by atoms with Crippen LogP contribution in [-0.2, 0) is 0 Å². The number of carbonyl (C=O) groups excluding carboxylic acids is 1. The van der Waals surface area contributed by atoms with Gasteiger partial charge < -0.3 is 19.7 Å². The highest BCUT2D eigenvalue weighted by Crippen LogP contribution is 2.11. The van der Waals surface area contributed by atoms with Crippen molar-refractivity contribution < 1.29 is 14.3 Å². The van der Waals surface area contributed by atoms with E-state index >= 15 is 0 Å². The van der Waals surface area contributed by atoms with Gasteiger partial charge in [0.1, 0.15) is 6.26 Å². The SMILES string of the molecule is CN(C(=O)c1ccc(=O)oc1)[C@H]1CNC[C@@H]1O. The molecule has 1 aliphatic rings. The molecule has 0 saturated carbocycles. The number of nitrogens with one attached hydrogen (secondary N) is 1. The molecule has 1 aliphatic heterocycles. The summed E-state index contributed by atoms with van der Waals surface area (Å²) in [4.78, 5) is 24.3. The molecule has 1 saturated heterocycles. The highest BCUT2D eigenvalue weighted by Gasteiger charge is 2.31. The van der Waals surface area contributed by atoms with Gasteiger partial charge in [0.05, 0.1) is 17.7 Å². The molecule has 1 aromatic rings. The average Bonchev–Trinajstić information content (AvgIpc) is 2.74. The molecular formula is C11H14N2O4. The van der Waals surface area contributed by atoms with Crippen molar-refractivity contribution in [1.82, 2.24) is 10.2 Å². The lowest BCUT2D eigenvalue weighted by Gasteiger charge is -2.26. The van der Waals surface area contributed by atoms with Gasteiger partial charge in [-0.05, 0) is 6.07 Å². The van der Waals surface area contributed by atoms with E-state index in [9.17, 15) is 14.7 Å². The van der Waals surface area contributed by atoms with Crippen molar-refractivity contribution in [3.63, 3.8) is 0 Å². The second-order valence-corrected chi connectivity index (χ2v) is 4.05. The number of amides is 1. The van der Waals surface area contributed by atoms with Crippen molar-refractivity contribution in [1.29, 1.82) is 0 Å². The fourth-order valence-electron chi connectivity index (χ4n) is 1.88. The first-order chi connectivity index (χ1) is 8.09. The highest BCUT2D eigenvalue weighted by molar-refractivity contribution is 5.93. The summed E-state index contributed by atoms with van der Waals surface area (Å²) in [6.45, 7) is 1.03. The normalized spacial score (nSPS) is 23.6. The van der Waals surface area contributed by atoms with E-state index in [-0.39, 0.29) is 11.9 Å². The Labute approximate surface area is 97.8 Å². The Kier molecular flexibility index (Phi) is 3.26. The van der Waals surface area contributed by atoms with E-state index in [1.54, 1.807) is 7.05 Å². The van der Waals surface area contributed by atoms with Gasteiger partial charge in [0.25, 0.3) is 5.91 Å². The number of β-amino-alcohol motifs (C(OH)–C–C–N with tert-alkyl or cyclic N) is 1. The number of nitrogens with zero attached hydrogens (tertiary/aromatic N) is 1. The van der Waals surface area contributed by atoms with Crippen LogP contribution >= 0.6 is 0 Å². The van der Waals surface area contributed by atoms with E-state index in [0.717, 1.165) is 6.26 Å². The summed E-state index contributed by atoms with van der Waals surface area (Å²) in [7, 11) is 1.62. The molecular weight excluding hydrogens is 224 g/mol. The standard InChI is InChI=1S/C11H14N2O4/c1-13(8-4-12-5-9(8)14)11(16)7-2-3-10(15)17-6-7/h2-3,6,8-9,12,14H,4-5H2,1H3/t8-,9-/m0/s1. The van der Waals surface area contributed by atoms with E-state index in [2.05, 4.69) is 9.73 Å². The van der Waals surface area contributed by atoms with Crippen molar-refractivity contribution in [3.05, 3.63) is 34.4 Å². The molecule has 0 spiro atoms. The summed E-state index contributed by atoms with van der Waals surface area (Å²) in [5, 5.41) is 12.7. The van der Waals surface area contributed by atoms with Crippen molar-refractivity contribution >= 4 is 5.91 Å². The number of hydrogen-bond donors (Lipinski definition) is 2. The fourth-order valence-corrected chi connectivity index (χ4v) is 1.88. The number of rotatable bonds is 2. The molecule has 0 bridgehead atoms. The van der Waals surface area contributed by atoms with Crippen LogP contribution in [0, 0.1) is 0 Å². The summed E-state index contributed by atoms with van der Waals surface area (Å²) >= 11 is 0. The van der Waals surface area contributed by atoms with E-state index < -0.39 is 11.7 Å².